The number of rotatable bonds is 8. The highest BCUT2D eigenvalue weighted by Crippen LogP contribution is 2.36. The molecule has 0 fully saturated rings. The van der Waals surface area contributed by atoms with Gasteiger partial charge in [-0.05, 0) is 43.4 Å². The Morgan fingerprint density at radius 2 is 1.87 bits per heavy atom. The number of benzene rings is 2. The second-order valence-corrected chi connectivity index (χ2v) is 8.15. The smallest absolute Gasteiger partial charge is 0.260 e. The standard InChI is InChI=1S/C23H27N3O4S/c1-4-25(5-2)11-12-26(23-24-21-18(28-3)7-6-8-20(21)31-23)22(27)16-9-10-17-19(15-16)30-14-13-29-17/h6-10,15H,4-5,11-14H2,1-3H3. The van der Waals surface area contributed by atoms with Crippen LogP contribution in [0.1, 0.15) is 24.2 Å². The van der Waals surface area contributed by atoms with E-state index >= 15 is 0 Å². The summed E-state index contributed by atoms with van der Waals surface area (Å²) in [5.41, 5.74) is 1.32. The number of hydrogen-bond donors (Lipinski definition) is 0. The largest absolute Gasteiger partial charge is 0.494 e. The molecular formula is C23H27N3O4S. The number of para-hydroxylation sites is 1. The predicted molar refractivity (Wildman–Crippen MR) is 123 cm³/mol. The minimum Gasteiger partial charge on any atom is -0.494 e. The molecule has 0 spiro atoms. The number of ether oxygens (including phenoxy) is 3. The summed E-state index contributed by atoms with van der Waals surface area (Å²) in [4.78, 5) is 22.4. The molecule has 1 aromatic heterocycles. The van der Waals surface area contributed by atoms with Crippen molar-refractivity contribution in [1.82, 2.24) is 9.88 Å². The summed E-state index contributed by atoms with van der Waals surface area (Å²) in [5.74, 6) is 1.87. The van der Waals surface area contributed by atoms with E-state index in [1.807, 2.05) is 18.2 Å². The minimum atomic E-state index is -0.109. The van der Waals surface area contributed by atoms with Crippen LogP contribution in [0.25, 0.3) is 10.2 Å². The normalized spacial score (nSPS) is 12.9. The fourth-order valence-electron chi connectivity index (χ4n) is 3.59. The lowest BCUT2D eigenvalue weighted by Crippen LogP contribution is -2.39. The van der Waals surface area contributed by atoms with Crippen LogP contribution in [0.2, 0.25) is 0 Å². The third kappa shape index (κ3) is 4.45. The summed E-state index contributed by atoms with van der Waals surface area (Å²) < 4.78 is 17.7. The molecule has 1 aliphatic rings. The average Bonchev–Trinajstić information content (AvgIpc) is 3.25. The van der Waals surface area contributed by atoms with Crippen LogP contribution < -0.4 is 19.1 Å². The molecule has 1 amide bonds. The summed E-state index contributed by atoms with van der Waals surface area (Å²) in [6.45, 7) is 8.40. The van der Waals surface area contributed by atoms with Crippen LogP contribution in [0.5, 0.6) is 17.2 Å². The number of hydrogen-bond acceptors (Lipinski definition) is 7. The molecule has 0 aliphatic carbocycles. The third-order valence-corrected chi connectivity index (χ3v) is 6.43. The molecule has 0 atom stereocenters. The molecule has 164 valence electrons. The second kappa shape index (κ2) is 9.53. The molecule has 4 rings (SSSR count). The number of methoxy groups -OCH3 is 1. The maximum atomic E-state index is 13.6. The third-order valence-electron chi connectivity index (χ3n) is 5.39. The van der Waals surface area contributed by atoms with Gasteiger partial charge in [-0.3, -0.25) is 9.69 Å². The number of carbonyl (C=O) groups is 1. The van der Waals surface area contributed by atoms with Crippen molar-refractivity contribution in [3.8, 4) is 17.2 Å². The monoisotopic (exact) mass is 441 g/mol. The van der Waals surface area contributed by atoms with E-state index < -0.39 is 0 Å². The number of nitrogens with zero attached hydrogens (tertiary/aromatic N) is 3. The van der Waals surface area contributed by atoms with Crippen molar-refractivity contribution in [2.24, 2.45) is 0 Å². The Bertz CT molecular complexity index is 1060. The maximum absolute atomic E-state index is 13.6. The molecule has 0 bridgehead atoms. The Morgan fingerprint density at radius 3 is 2.61 bits per heavy atom. The number of carbonyl (C=O) groups excluding carboxylic acids is 1. The van der Waals surface area contributed by atoms with Gasteiger partial charge in [-0.25, -0.2) is 4.98 Å². The minimum absolute atomic E-state index is 0.109. The average molecular weight is 442 g/mol. The van der Waals surface area contributed by atoms with Crippen molar-refractivity contribution in [3.05, 3.63) is 42.0 Å². The molecule has 3 aromatic rings. The van der Waals surface area contributed by atoms with E-state index in [1.54, 1.807) is 30.2 Å². The van der Waals surface area contributed by atoms with E-state index in [1.165, 1.54) is 11.3 Å². The van der Waals surface area contributed by atoms with Gasteiger partial charge in [-0.2, -0.15) is 0 Å². The van der Waals surface area contributed by atoms with E-state index in [9.17, 15) is 4.79 Å². The van der Waals surface area contributed by atoms with Crippen LogP contribution in [-0.4, -0.2) is 62.3 Å². The summed E-state index contributed by atoms with van der Waals surface area (Å²) in [6, 6.07) is 11.2. The van der Waals surface area contributed by atoms with E-state index in [4.69, 9.17) is 19.2 Å². The van der Waals surface area contributed by atoms with Crippen LogP contribution in [0.4, 0.5) is 5.13 Å². The molecular weight excluding hydrogens is 414 g/mol. The second-order valence-electron chi connectivity index (χ2n) is 7.15. The van der Waals surface area contributed by atoms with Gasteiger partial charge in [-0.15, -0.1) is 0 Å². The zero-order chi connectivity index (χ0) is 21.8. The Kier molecular flexibility index (Phi) is 6.58. The lowest BCUT2D eigenvalue weighted by atomic mass is 10.1. The molecule has 0 unspecified atom stereocenters. The number of thiazole rings is 1. The summed E-state index contributed by atoms with van der Waals surface area (Å²) in [5, 5.41) is 0.659. The summed E-state index contributed by atoms with van der Waals surface area (Å²) in [6.07, 6.45) is 0. The van der Waals surface area contributed by atoms with E-state index in [0.717, 1.165) is 29.9 Å². The number of amides is 1. The summed E-state index contributed by atoms with van der Waals surface area (Å²) in [7, 11) is 1.63. The van der Waals surface area contributed by atoms with Crippen molar-refractivity contribution >= 4 is 32.6 Å². The highest BCUT2D eigenvalue weighted by molar-refractivity contribution is 7.22. The van der Waals surface area contributed by atoms with Crippen molar-refractivity contribution in [3.63, 3.8) is 0 Å². The van der Waals surface area contributed by atoms with Gasteiger partial charge in [0.25, 0.3) is 5.91 Å². The van der Waals surface area contributed by atoms with Crippen molar-refractivity contribution in [1.29, 1.82) is 0 Å². The zero-order valence-electron chi connectivity index (χ0n) is 18.1. The van der Waals surface area contributed by atoms with Gasteiger partial charge >= 0.3 is 0 Å². The van der Waals surface area contributed by atoms with Gasteiger partial charge in [0.1, 0.15) is 24.5 Å². The van der Waals surface area contributed by atoms with Gasteiger partial charge in [0.05, 0.1) is 11.8 Å². The Balaban J connectivity index is 1.69. The fourth-order valence-corrected chi connectivity index (χ4v) is 4.60. The summed E-state index contributed by atoms with van der Waals surface area (Å²) >= 11 is 1.49. The number of likely N-dealkylation sites (N-methyl/N-ethyl adjacent to an activating group) is 1. The van der Waals surface area contributed by atoms with Crippen LogP contribution in [0, 0.1) is 0 Å². The Morgan fingerprint density at radius 1 is 1.10 bits per heavy atom. The van der Waals surface area contributed by atoms with Crippen LogP contribution in [0.3, 0.4) is 0 Å². The van der Waals surface area contributed by atoms with Gasteiger partial charge in [0.15, 0.2) is 16.6 Å². The maximum Gasteiger partial charge on any atom is 0.260 e. The zero-order valence-corrected chi connectivity index (χ0v) is 18.9. The molecule has 0 saturated heterocycles. The topological polar surface area (TPSA) is 64.1 Å². The number of anilines is 1. The molecule has 7 nitrogen and oxygen atoms in total. The molecule has 0 N–H and O–H groups in total. The van der Waals surface area contributed by atoms with Gasteiger partial charge < -0.3 is 19.1 Å². The molecule has 31 heavy (non-hydrogen) atoms. The van der Waals surface area contributed by atoms with E-state index in [0.29, 0.717) is 47.7 Å². The molecule has 1 aliphatic heterocycles. The van der Waals surface area contributed by atoms with Gasteiger partial charge in [-0.1, -0.05) is 31.3 Å². The highest BCUT2D eigenvalue weighted by Gasteiger charge is 2.24. The van der Waals surface area contributed by atoms with Crippen molar-refractivity contribution < 1.29 is 19.0 Å². The van der Waals surface area contributed by atoms with E-state index in [2.05, 4.69) is 18.7 Å². The highest BCUT2D eigenvalue weighted by atomic mass is 32.1. The Hall–Kier alpha value is -2.84. The Labute approximate surface area is 186 Å². The predicted octanol–water partition coefficient (Wildman–Crippen LogP) is 4.06. The van der Waals surface area contributed by atoms with Crippen LogP contribution >= 0.6 is 11.3 Å². The van der Waals surface area contributed by atoms with Crippen LogP contribution in [0.15, 0.2) is 36.4 Å². The number of fused-ring (bicyclic) bond motifs is 2. The van der Waals surface area contributed by atoms with Crippen LogP contribution in [-0.2, 0) is 0 Å². The molecule has 2 heterocycles. The SMILES string of the molecule is CCN(CC)CCN(C(=O)c1ccc2c(c1)OCCO2)c1nc2c(OC)cccc2s1. The van der Waals surface area contributed by atoms with Gasteiger partial charge in [0, 0.05) is 18.7 Å². The van der Waals surface area contributed by atoms with Crippen molar-refractivity contribution in [2.45, 2.75) is 13.8 Å². The molecule has 8 heteroatoms. The lowest BCUT2D eigenvalue weighted by molar-refractivity contribution is 0.0982. The first-order valence-corrected chi connectivity index (χ1v) is 11.3. The number of aromatic nitrogens is 1. The first kappa shape index (κ1) is 21.4. The quantitative estimate of drug-likeness (QED) is 0.525. The molecule has 0 radical (unpaired) electrons. The lowest BCUT2D eigenvalue weighted by Gasteiger charge is -2.25. The van der Waals surface area contributed by atoms with E-state index in [-0.39, 0.29) is 5.91 Å². The van der Waals surface area contributed by atoms with Crippen molar-refractivity contribution in [2.75, 3.05) is 51.4 Å². The molecule has 2 aromatic carbocycles. The first-order chi connectivity index (χ1) is 15.1. The molecule has 0 saturated carbocycles. The first-order valence-electron chi connectivity index (χ1n) is 10.5. The van der Waals surface area contributed by atoms with Gasteiger partial charge in [0.2, 0.25) is 0 Å². The fraction of sp³-hybridized carbons (Fsp3) is 0.391.